The molecule has 4 nitrogen and oxygen atoms in total. The maximum atomic E-state index is 5.82. The number of halogens is 1. The Labute approximate surface area is 125 Å². The predicted octanol–water partition coefficient (Wildman–Crippen LogP) is 3.69. The molecule has 0 atom stereocenters. The number of aromatic nitrogens is 2. The van der Waals surface area contributed by atoms with Crippen molar-refractivity contribution in [3.05, 3.63) is 46.7 Å². The highest BCUT2D eigenvalue weighted by atomic mass is 79.9. The summed E-state index contributed by atoms with van der Waals surface area (Å²) in [7, 11) is 1.67. The average Bonchev–Trinajstić information content (AvgIpc) is 2.73. The number of imidazole rings is 1. The lowest BCUT2D eigenvalue weighted by atomic mass is 10.2. The molecule has 0 fully saturated rings. The highest BCUT2D eigenvalue weighted by Crippen LogP contribution is 2.31. The number of hydrogen-bond acceptors (Lipinski definition) is 3. The van der Waals surface area contributed by atoms with Crippen LogP contribution in [-0.2, 0) is 0 Å². The number of fused-ring (bicyclic) bond motifs is 1. The number of ether oxygens (including phenoxy) is 1. The molecule has 1 heterocycles. The van der Waals surface area contributed by atoms with Gasteiger partial charge in [-0.15, -0.1) is 0 Å². The highest BCUT2D eigenvalue weighted by Gasteiger charge is 2.13. The second kappa shape index (κ2) is 4.83. The van der Waals surface area contributed by atoms with Gasteiger partial charge in [0.15, 0.2) is 0 Å². The molecule has 2 aromatic carbocycles. The summed E-state index contributed by atoms with van der Waals surface area (Å²) in [5.74, 6) is 1.69. The number of benzene rings is 2. The summed E-state index contributed by atoms with van der Waals surface area (Å²) in [5, 5.41) is 0. The van der Waals surface area contributed by atoms with E-state index in [4.69, 9.17) is 10.5 Å². The summed E-state index contributed by atoms with van der Waals surface area (Å²) >= 11 is 3.50. The van der Waals surface area contributed by atoms with Crippen molar-refractivity contribution in [3.8, 4) is 11.4 Å². The van der Waals surface area contributed by atoms with Crippen LogP contribution < -0.4 is 10.5 Å². The van der Waals surface area contributed by atoms with Gasteiger partial charge in [0.25, 0.3) is 0 Å². The van der Waals surface area contributed by atoms with E-state index in [0.29, 0.717) is 5.69 Å². The van der Waals surface area contributed by atoms with Crippen LogP contribution in [0.15, 0.2) is 40.9 Å². The van der Waals surface area contributed by atoms with Crippen LogP contribution in [0.2, 0.25) is 0 Å². The molecule has 3 aromatic rings. The number of nitrogen functional groups attached to an aromatic ring is 1. The standard InChI is InChI=1S/C15H14BrN3O/c1-9-18-12-8-11(17)4-5-13(12)19(9)14-7-10(16)3-6-15(14)20-2/h3-8H,17H2,1-2H3. The number of hydrogen-bond donors (Lipinski definition) is 1. The summed E-state index contributed by atoms with van der Waals surface area (Å²) in [5.41, 5.74) is 9.37. The second-order valence-corrected chi connectivity index (χ2v) is 5.47. The summed E-state index contributed by atoms with van der Waals surface area (Å²) in [4.78, 5) is 4.57. The van der Waals surface area contributed by atoms with Crippen LogP contribution in [0.5, 0.6) is 5.75 Å². The summed E-state index contributed by atoms with van der Waals surface area (Å²) in [6.45, 7) is 1.97. The average molecular weight is 332 g/mol. The zero-order valence-corrected chi connectivity index (χ0v) is 12.8. The largest absolute Gasteiger partial charge is 0.495 e. The fourth-order valence-corrected chi connectivity index (χ4v) is 2.71. The summed E-state index contributed by atoms with van der Waals surface area (Å²) in [6, 6.07) is 11.6. The van der Waals surface area contributed by atoms with E-state index in [2.05, 4.69) is 25.5 Å². The van der Waals surface area contributed by atoms with Gasteiger partial charge < -0.3 is 10.5 Å². The normalized spacial score (nSPS) is 10.9. The quantitative estimate of drug-likeness (QED) is 0.728. The van der Waals surface area contributed by atoms with E-state index < -0.39 is 0 Å². The van der Waals surface area contributed by atoms with Gasteiger partial charge in [0.05, 0.1) is 23.8 Å². The van der Waals surface area contributed by atoms with Crippen LogP contribution in [0, 0.1) is 6.92 Å². The third-order valence-electron chi connectivity index (χ3n) is 3.23. The van der Waals surface area contributed by atoms with Crippen molar-refractivity contribution in [2.24, 2.45) is 0 Å². The molecule has 0 aliphatic carbocycles. The molecule has 3 rings (SSSR count). The maximum absolute atomic E-state index is 5.82. The van der Waals surface area contributed by atoms with E-state index in [1.807, 2.05) is 43.3 Å². The van der Waals surface area contributed by atoms with Crippen LogP contribution in [0.4, 0.5) is 5.69 Å². The molecule has 0 amide bonds. The molecule has 2 N–H and O–H groups in total. The van der Waals surface area contributed by atoms with Gasteiger partial charge in [-0.2, -0.15) is 0 Å². The Balaban J connectivity index is 2.34. The third-order valence-corrected chi connectivity index (χ3v) is 3.72. The maximum Gasteiger partial charge on any atom is 0.142 e. The Morgan fingerprint density at radius 2 is 2.00 bits per heavy atom. The predicted molar refractivity (Wildman–Crippen MR) is 84.5 cm³/mol. The fourth-order valence-electron chi connectivity index (χ4n) is 2.36. The van der Waals surface area contributed by atoms with Gasteiger partial charge in [-0.3, -0.25) is 4.57 Å². The van der Waals surface area contributed by atoms with E-state index >= 15 is 0 Å². The van der Waals surface area contributed by atoms with Gasteiger partial charge in [-0.25, -0.2) is 4.98 Å². The van der Waals surface area contributed by atoms with Gasteiger partial charge in [0.1, 0.15) is 11.6 Å². The van der Waals surface area contributed by atoms with Crippen LogP contribution in [0.25, 0.3) is 16.7 Å². The number of aryl methyl sites for hydroxylation is 1. The number of methoxy groups -OCH3 is 1. The molecule has 0 saturated heterocycles. The molecule has 5 heteroatoms. The van der Waals surface area contributed by atoms with Crippen molar-refractivity contribution >= 4 is 32.7 Å². The van der Waals surface area contributed by atoms with Crippen molar-refractivity contribution in [2.75, 3.05) is 12.8 Å². The molecular formula is C15H14BrN3O. The van der Waals surface area contributed by atoms with Crippen molar-refractivity contribution in [1.29, 1.82) is 0 Å². The molecule has 0 aliphatic rings. The van der Waals surface area contributed by atoms with Gasteiger partial charge in [0, 0.05) is 10.2 Å². The first-order valence-electron chi connectivity index (χ1n) is 6.18. The molecular weight excluding hydrogens is 318 g/mol. The van der Waals surface area contributed by atoms with Crippen LogP contribution in [-0.4, -0.2) is 16.7 Å². The molecule has 0 bridgehead atoms. The lowest BCUT2D eigenvalue weighted by Gasteiger charge is -2.12. The Morgan fingerprint density at radius 1 is 1.20 bits per heavy atom. The molecule has 0 spiro atoms. The first-order chi connectivity index (χ1) is 9.60. The molecule has 102 valence electrons. The zero-order chi connectivity index (χ0) is 14.3. The Bertz CT molecular complexity index is 795. The van der Waals surface area contributed by atoms with Gasteiger partial charge >= 0.3 is 0 Å². The molecule has 0 aliphatic heterocycles. The first kappa shape index (κ1) is 13.0. The molecule has 0 radical (unpaired) electrons. The second-order valence-electron chi connectivity index (χ2n) is 4.56. The number of nitrogens with zero attached hydrogens (tertiary/aromatic N) is 2. The van der Waals surface area contributed by atoms with Crippen LogP contribution in [0.3, 0.4) is 0 Å². The van der Waals surface area contributed by atoms with Crippen molar-refractivity contribution in [1.82, 2.24) is 9.55 Å². The van der Waals surface area contributed by atoms with E-state index in [-0.39, 0.29) is 0 Å². The summed E-state index contributed by atoms with van der Waals surface area (Å²) < 4.78 is 8.52. The van der Waals surface area contributed by atoms with Gasteiger partial charge in [-0.05, 0) is 43.3 Å². The third kappa shape index (κ3) is 2.04. The minimum atomic E-state index is 0.711. The van der Waals surface area contributed by atoms with Crippen molar-refractivity contribution in [3.63, 3.8) is 0 Å². The molecule has 1 aromatic heterocycles. The van der Waals surface area contributed by atoms with E-state index in [9.17, 15) is 0 Å². The minimum absolute atomic E-state index is 0.711. The van der Waals surface area contributed by atoms with E-state index in [0.717, 1.165) is 32.8 Å². The molecule has 0 unspecified atom stereocenters. The van der Waals surface area contributed by atoms with Crippen LogP contribution >= 0.6 is 15.9 Å². The Kier molecular flexibility index (Phi) is 3.14. The fraction of sp³-hybridized carbons (Fsp3) is 0.133. The number of rotatable bonds is 2. The van der Waals surface area contributed by atoms with E-state index in [1.165, 1.54) is 0 Å². The SMILES string of the molecule is COc1ccc(Br)cc1-n1c(C)nc2cc(N)ccc21. The Hall–Kier alpha value is -2.01. The Morgan fingerprint density at radius 3 is 2.75 bits per heavy atom. The zero-order valence-electron chi connectivity index (χ0n) is 11.2. The van der Waals surface area contributed by atoms with Crippen molar-refractivity contribution < 1.29 is 4.74 Å². The lowest BCUT2D eigenvalue weighted by molar-refractivity contribution is 0.413. The van der Waals surface area contributed by atoms with Crippen LogP contribution in [0.1, 0.15) is 5.82 Å². The first-order valence-corrected chi connectivity index (χ1v) is 6.98. The molecule has 20 heavy (non-hydrogen) atoms. The lowest BCUT2D eigenvalue weighted by Crippen LogP contribution is -2.00. The minimum Gasteiger partial charge on any atom is -0.495 e. The molecule has 0 saturated carbocycles. The topological polar surface area (TPSA) is 53.1 Å². The highest BCUT2D eigenvalue weighted by molar-refractivity contribution is 9.10. The van der Waals surface area contributed by atoms with Crippen molar-refractivity contribution in [2.45, 2.75) is 6.92 Å². The summed E-state index contributed by atoms with van der Waals surface area (Å²) in [6.07, 6.45) is 0. The number of nitrogens with two attached hydrogens (primary N) is 1. The van der Waals surface area contributed by atoms with Gasteiger partial charge in [0.2, 0.25) is 0 Å². The van der Waals surface area contributed by atoms with E-state index in [1.54, 1.807) is 7.11 Å². The smallest absolute Gasteiger partial charge is 0.142 e. The van der Waals surface area contributed by atoms with Gasteiger partial charge in [-0.1, -0.05) is 15.9 Å². The number of anilines is 1. The monoisotopic (exact) mass is 331 g/mol.